The molecule has 0 aromatic carbocycles. The maximum Gasteiger partial charge on any atom is 0.410 e. The third-order valence-corrected chi connectivity index (χ3v) is 4.38. The summed E-state index contributed by atoms with van der Waals surface area (Å²) in [4.78, 5) is 13.8. The van der Waals surface area contributed by atoms with E-state index in [1.807, 2.05) is 41.5 Å². The lowest BCUT2D eigenvalue weighted by atomic mass is 10.2. The van der Waals surface area contributed by atoms with Crippen molar-refractivity contribution in [2.75, 3.05) is 13.1 Å². The second kappa shape index (κ2) is 6.90. The molecule has 0 saturated carbocycles. The van der Waals surface area contributed by atoms with Crippen LogP contribution in [0.1, 0.15) is 60.8 Å². The van der Waals surface area contributed by atoms with Crippen LogP contribution in [-0.2, 0) is 15.7 Å². The number of nitrogens with zero attached hydrogens (tertiary/aromatic N) is 2. The van der Waals surface area contributed by atoms with Crippen LogP contribution >= 0.6 is 0 Å². The number of hydrogen-bond acceptors (Lipinski definition) is 3. The van der Waals surface area contributed by atoms with Gasteiger partial charge in [-0.2, -0.15) is 4.40 Å². The molecule has 0 aliphatic carbocycles. The Morgan fingerprint density at radius 2 is 1.81 bits per heavy atom. The Hall–Kier alpha value is -0.910. The first-order valence-corrected chi connectivity index (χ1v) is 8.56. The number of hydrogen-bond donors (Lipinski definition) is 0. The number of ether oxygens (including phenoxy) is 1. The zero-order valence-electron chi connectivity index (χ0n) is 14.1. The Morgan fingerprint density at radius 1 is 1.19 bits per heavy atom. The molecule has 0 radical (unpaired) electrons. The van der Waals surface area contributed by atoms with Gasteiger partial charge in [-0.3, -0.25) is 0 Å². The van der Waals surface area contributed by atoms with Crippen molar-refractivity contribution in [1.82, 2.24) is 4.90 Å². The molecule has 0 aromatic rings. The fourth-order valence-corrected chi connectivity index (χ4v) is 2.48. The average molecular weight is 316 g/mol. The fraction of sp³-hybridized carbons (Fsp3) is 0.867. The van der Waals surface area contributed by atoms with Crippen molar-refractivity contribution >= 4 is 22.8 Å². The SMILES string of the molecule is CC(C)(C)OC(=O)N1CCCC/C(=N\S(=O)C(C)(C)C)C1. The summed E-state index contributed by atoms with van der Waals surface area (Å²) in [7, 11) is -1.28. The second-order valence-corrected chi connectivity index (χ2v) is 9.28. The van der Waals surface area contributed by atoms with Crippen LogP contribution in [0.5, 0.6) is 0 Å². The number of rotatable bonds is 1. The summed E-state index contributed by atoms with van der Waals surface area (Å²) < 4.78 is 21.5. The van der Waals surface area contributed by atoms with Gasteiger partial charge in [0.05, 0.1) is 11.3 Å². The summed E-state index contributed by atoms with van der Waals surface area (Å²) in [6.07, 6.45) is 2.35. The third kappa shape index (κ3) is 6.59. The minimum atomic E-state index is -1.28. The highest BCUT2D eigenvalue weighted by Crippen LogP contribution is 2.17. The van der Waals surface area contributed by atoms with Gasteiger partial charge in [-0.25, -0.2) is 9.00 Å². The molecular formula is C15H28N2O3S. The maximum absolute atomic E-state index is 12.2. The molecule has 0 bridgehead atoms. The van der Waals surface area contributed by atoms with Crippen molar-refractivity contribution in [3.63, 3.8) is 0 Å². The van der Waals surface area contributed by atoms with Gasteiger partial charge >= 0.3 is 6.09 Å². The molecule has 1 aliphatic heterocycles. The summed E-state index contributed by atoms with van der Waals surface area (Å²) in [5.41, 5.74) is 0.321. The molecule has 5 nitrogen and oxygen atoms in total. The monoisotopic (exact) mass is 316 g/mol. The Bertz CT molecular complexity index is 433. The van der Waals surface area contributed by atoms with Crippen LogP contribution in [0.2, 0.25) is 0 Å². The molecule has 1 atom stereocenters. The number of carbonyl (C=O) groups is 1. The minimum Gasteiger partial charge on any atom is -0.444 e. The lowest BCUT2D eigenvalue weighted by Crippen LogP contribution is -2.39. The fourth-order valence-electron chi connectivity index (χ4n) is 1.82. The standard InChI is InChI=1S/C15H28N2O3S/c1-14(2,3)20-13(18)17-10-8-7-9-12(11-17)16-21(19)15(4,5)6/h7-11H2,1-6H3/b16-12+. The molecule has 1 unspecified atom stereocenters. The van der Waals surface area contributed by atoms with Gasteiger partial charge in [-0.1, -0.05) is 0 Å². The lowest BCUT2D eigenvalue weighted by Gasteiger charge is -2.26. The van der Waals surface area contributed by atoms with E-state index >= 15 is 0 Å². The van der Waals surface area contributed by atoms with E-state index in [1.54, 1.807) is 4.90 Å². The molecule has 1 rings (SSSR count). The molecule has 0 spiro atoms. The third-order valence-electron chi connectivity index (χ3n) is 2.90. The van der Waals surface area contributed by atoms with E-state index in [-0.39, 0.29) is 10.8 Å². The first-order valence-electron chi connectivity index (χ1n) is 7.45. The minimum absolute atomic E-state index is 0.321. The zero-order valence-corrected chi connectivity index (χ0v) is 14.9. The lowest BCUT2D eigenvalue weighted by molar-refractivity contribution is 0.0281. The van der Waals surface area contributed by atoms with E-state index in [2.05, 4.69) is 4.40 Å². The average Bonchev–Trinajstić information content (AvgIpc) is 2.51. The quantitative estimate of drug-likeness (QED) is 0.745. The Labute approximate surface area is 130 Å². The van der Waals surface area contributed by atoms with Gasteiger partial charge in [0, 0.05) is 12.3 Å². The summed E-state index contributed by atoms with van der Waals surface area (Å²) >= 11 is 0. The summed E-state index contributed by atoms with van der Waals surface area (Å²) in [5.74, 6) is 0. The van der Waals surface area contributed by atoms with Crippen molar-refractivity contribution in [2.24, 2.45) is 4.40 Å². The smallest absolute Gasteiger partial charge is 0.410 e. The molecule has 1 heterocycles. The van der Waals surface area contributed by atoms with Crippen LogP contribution in [0.4, 0.5) is 4.79 Å². The largest absolute Gasteiger partial charge is 0.444 e. The Balaban J connectivity index is 2.80. The molecule has 1 fully saturated rings. The second-order valence-electron chi connectivity index (χ2n) is 7.38. The van der Waals surface area contributed by atoms with Gasteiger partial charge < -0.3 is 9.64 Å². The van der Waals surface area contributed by atoms with E-state index < -0.39 is 16.6 Å². The molecule has 6 heteroatoms. The Kier molecular flexibility index (Phi) is 5.96. The van der Waals surface area contributed by atoms with Crippen molar-refractivity contribution in [2.45, 2.75) is 71.2 Å². The van der Waals surface area contributed by atoms with Crippen molar-refractivity contribution in [3.8, 4) is 0 Å². The van der Waals surface area contributed by atoms with Crippen molar-refractivity contribution in [1.29, 1.82) is 0 Å². The van der Waals surface area contributed by atoms with Crippen LogP contribution in [0.3, 0.4) is 0 Å². The normalized spacial score (nSPS) is 21.0. The van der Waals surface area contributed by atoms with Crippen molar-refractivity contribution < 1.29 is 13.7 Å². The van der Waals surface area contributed by atoms with Gasteiger partial charge in [0.15, 0.2) is 0 Å². The predicted molar refractivity (Wildman–Crippen MR) is 87.0 cm³/mol. The van der Waals surface area contributed by atoms with Gasteiger partial charge in [0.2, 0.25) is 0 Å². The zero-order chi connectivity index (χ0) is 16.3. The van der Waals surface area contributed by atoms with Crippen molar-refractivity contribution in [3.05, 3.63) is 0 Å². The molecule has 122 valence electrons. The van der Waals surface area contributed by atoms with Crippen LogP contribution < -0.4 is 0 Å². The predicted octanol–water partition coefficient (Wildman–Crippen LogP) is 3.31. The molecule has 0 aromatic heterocycles. The Morgan fingerprint density at radius 3 is 2.33 bits per heavy atom. The number of carbonyl (C=O) groups excluding carboxylic acids is 1. The molecular weight excluding hydrogens is 288 g/mol. The summed E-state index contributed by atoms with van der Waals surface area (Å²) in [6, 6.07) is 0. The van der Waals surface area contributed by atoms with Gasteiger partial charge in [0.25, 0.3) is 0 Å². The first-order chi connectivity index (χ1) is 9.49. The van der Waals surface area contributed by atoms with Crippen LogP contribution in [-0.4, -0.2) is 44.4 Å². The van der Waals surface area contributed by atoms with E-state index in [0.717, 1.165) is 25.0 Å². The number of amides is 1. The van der Waals surface area contributed by atoms with E-state index in [0.29, 0.717) is 13.1 Å². The molecule has 1 aliphatic rings. The van der Waals surface area contributed by atoms with Crippen LogP contribution in [0, 0.1) is 0 Å². The van der Waals surface area contributed by atoms with Crippen LogP contribution in [0.15, 0.2) is 4.40 Å². The molecule has 1 amide bonds. The maximum atomic E-state index is 12.2. The summed E-state index contributed by atoms with van der Waals surface area (Å²) in [5, 5.41) is 0. The topological polar surface area (TPSA) is 59.0 Å². The highest BCUT2D eigenvalue weighted by atomic mass is 32.2. The first kappa shape index (κ1) is 18.1. The highest BCUT2D eigenvalue weighted by Gasteiger charge is 2.26. The molecule has 0 N–H and O–H groups in total. The van der Waals surface area contributed by atoms with E-state index in [4.69, 9.17) is 4.74 Å². The van der Waals surface area contributed by atoms with Gasteiger partial charge in [0.1, 0.15) is 16.6 Å². The van der Waals surface area contributed by atoms with Crippen LogP contribution in [0.25, 0.3) is 0 Å². The highest BCUT2D eigenvalue weighted by molar-refractivity contribution is 7.85. The van der Waals surface area contributed by atoms with Gasteiger partial charge in [-0.15, -0.1) is 0 Å². The van der Waals surface area contributed by atoms with Gasteiger partial charge in [-0.05, 0) is 60.8 Å². The number of likely N-dealkylation sites (tertiary alicyclic amines) is 1. The van der Waals surface area contributed by atoms with E-state index in [9.17, 15) is 9.00 Å². The summed E-state index contributed by atoms with van der Waals surface area (Å²) in [6.45, 7) is 12.3. The van der Waals surface area contributed by atoms with E-state index in [1.165, 1.54) is 0 Å². The molecule has 21 heavy (non-hydrogen) atoms. The molecule has 1 saturated heterocycles.